The van der Waals surface area contributed by atoms with Crippen LogP contribution in [0.4, 0.5) is 11.4 Å². The number of benzene rings is 3. The van der Waals surface area contributed by atoms with Gasteiger partial charge in [0, 0.05) is 24.0 Å². The topological polar surface area (TPSA) is 81.2 Å². The molecule has 47 heavy (non-hydrogen) atoms. The summed E-state index contributed by atoms with van der Waals surface area (Å²) in [6.45, 7) is 10.0. The van der Waals surface area contributed by atoms with Gasteiger partial charge in [0.25, 0.3) is 5.91 Å². The lowest BCUT2D eigenvalue weighted by Gasteiger charge is -2.42. The number of amides is 3. The zero-order valence-electron chi connectivity index (χ0n) is 26.5. The third-order valence-corrected chi connectivity index (χ3v) is 12.4. The van der Waals surface area contributed by atoms with E-state index in [1.807, 2.05) is 66.7 Å². The number of fused-ring (bicyclic) bond motifs is 1. The monoisotopic (exact) mass is 669 g/mol. The Bertz CT molecular complexity index is 1650. The largest absolute Gasteiger partial charge is 0.394 e. The molecule has 9 heteroatoms. The molecule has 0 radical (unpaired) electrons. The summed E-state index contributed by atoms with van der Waals surface area (Å²) in [5.74, 6) is -2.14. The molecule has 3 heterocycles. The molecule has 3 aromatic rings. The molecule has 2 bridgehead atoms. The zero-order valence-corrected chi connectivity index (χ0v) is 28.0. The standard InChI is InChI=1S/C38H40ClN3O4S/c1-4-20-40(27-16-10-7-11-17-27)35(44)32-31-22-25(3)38(47-31)33(32)36(45)42(28(24-43)23-26-14-8-6-9-15-26)34(38)37(46)41(21-5-2)30-19-13-12-18-29(30)39/h4-19,25,28,31-34,43H,1-2,20-24H2,3H3/t25?,28-,31+,32-,33+,34?,38?/m1/s1. The molecular weight excluding hydrogens is 630 g/mol. The third-order valence-electron chi connectivity index (χ3n) is 9.99. The van der Waals surface area contributed by atoms with Crippen LogP contribution in [-0.2, 0) is 20.8 Å². The first-order valence-corrected chi connectivity index (χ1v) is 17.3. The summed E-state index contributed by atoms with van der Waals surface area (Å²) < 4.78 is -0.888. The van der Waals surface area contributed by atoms with Crippen LogP contribution < -0.4 is 9.80 Å². The Kier molecular flexibility index (Phi) is 9.65. The van der Waals surface area contributed by atoms with Crippen LogP contribution in [0.3, 0.4) is 0 Å². The number of aliphatic hydroxyl groups excluding tert-OH is 1. The molecule has 3 aliphatic heterocycles. The molecule has 1 spiro atoms. The Balaban J connectivity index is 1.48. The normalized spacial score (nSPS) is 26.5. The Morgan fingerprint density at radius 2 is 1.60 bits per heavy atom. The number of halogens is 1. The summed E-state index contributed by atoms with van der Waals surface area (Å²) in [6, 6.07) is 24.6. The molecule has 6 rings (SSSR count). The molecule has 7 nitrogen and oxygen atoms in total. The summed E-state index contributed by atoms with van der Waals surface area (Å²) in [7, 11) is 0. The fourth-order valence-corrected chi connectivity index (χ4v) is 10.7. The van der Waals surface area contributed by atoms with Crippen molar-refractivity contribution < 1.29 is 19.5 Å². The molecular formula is C38H40ClN3O4S. The van der Waals surface area contributed by atoms with Crippen molar-refractivity contribution in [2.24, 2.45) is 17.8 Å². The minimum Gasteiger partial charge on any atom is -0.394 e. The van der Waals surface area contributed by atoms with Gasteiger partial charge in [0.2, 0.25) is 11.8 Å². The molecule has 3 fully saturated rings. The maximum absolute atomic E-state index is 15.1. The fraction of sp³-hybridized carbons (Fsp3) is 0.342. The summed E-state index contributed by atoms with van der Waals surface area (Å²) in [6.07, 6.45) is 4.39. The average Bonchev–Trinajstić information content (AvgIpc) is 3.69. The molecule has 0 aromatic heterocycles. The van der Waals surface area contributed by atoms with E-state index >= 15 is 9.59 Å². The molecule has 3 amide bonds. The predicted octanol–water partition coefficient (Wildman–Crippen LogP) is 6.02. The van der Waals surface area contributed by atoms with Gasteiger partial charge in [-0.2, -0.15) is 0 Å². The summed E-state index contributed by atoms with van der Waals surface area (Å²) in [4.78, 5) is 49.7. The van der Waals surface area contributed by atoms with Crippen LogP contribution in [-0.4, -0.2) is 69.5 Å². The van der Waals surface area contributed by atoms with E-state index in [-0.39, 0.29) is 42.0 Å². The van der Waals surface area contributed by atoms with Gasteiger partial charge in [-0.15, -0.1) is 24.9 Å². The van der Waals surface area contributed by atoms with Crippen LogP contribution in [0.25, 0.3) is 0 Å². The Morgan fingerprint density at radius 3 is 2.23 bits per heavy atom. The Labute approximate surface area is 285 Å². The smallest absolute Gasteiger partial charge is 0.251 e. The maximum Gasteiger partial charge on any atom is 0.251 e. The number of carbonyl (C=O) groups is 3. The van der Waals surface area contributed by atoms with E-state index in [9.17, 15) is 9.90 Å². The van der Waals surface area contributed by atoms with E-state index < -0.39 is 28.7 Å². The van der Waals surface area contributed by atoms with E-state index in [1.54, 1.807) is 56.8 Å². The molecule has 0 aliphatic carbocycles. The van der Waals surface area contributed by atoms with Crippen molar-refractivity contribution in [1.29, 1.82) is 0 Å². The third kappa shape index (κ3) is 5.60. The summed E-state index contributed by atoms with van der Waals surface area (Å²) in [5, 5.41) is 11.2. The molecule has 3 aliphatic rings. The first kappa shape index (κ1) is 33.1. The van der Waals surface area contributed by atoms with Gasteiger partial charge < -0.3 is 19.8 Å². The van der Waals surface area contributed by atoms with E-state index in [4.69, 9.17) is 11.6 Å². The number of rotatable bonds is 12. The highest BCUT2D eigenvalue weighted by Crippen LogP contribution is 2.69. The Morgan fingerprint density at radius 1 is 0.979 bits per heavy atom. The molecule has 7 atom stereocenters. The van der Waals surface area contributed by atoms with Crippen molar-refractivity contribution in [2.75, 3.05) is 29.5 Å². The van der Waals surface area contributed by atoms with Gasteiger partial charge in [-0.1, -0.05) is 91.3 Å². The number of hydrogen-bond acceptors (Lipinski definition) is 5. The number of thioether (sulfide) groups is 1. The van der Waals surface area contributed by atoms with Crippen LogP contribution >= 0.6 is 23.4 Å². The van der Waals surface area contributed by atoms with Crippen molar-refractivity contribution >= 4 is 52.5 Å². The minimum atomic E-state index is -0.940. The second-order valence-electron chi connectivity index (χ2n) is 12.6. The van der Waals surface area contributed by atoms with Crippen molar-refractivity contribution in [2.45, 2.75) is 41.8 Å². The zero-order chi connectivity index (χ0) is 33.3. The average molecular weight is 670 g/mol. The number of nitrogens with zero attached hydrogens (tertiary/aromatic N) is 3. The molecule has 3 saturated heterocycles. The maximum atomic E-state index is 15.1. The Hall–Kier alpha value is -3.85. The molecule has 1 N–H and O–H groups in total. The fourth-order valence-electron chi connectivity index (χ4n) is 8.05. The number of hydrogen-bond donors (Lipinski definition) is 1. The number of carbonyl (C=O) groups excluding carboxylic acids is 3. The first-order valence-electron chi connectivity index (χ1n) is 16.1. The SMILES string of the molecule is C=CCN(C(=O)[C@@H]1[C@@H]2CC(C)C3(S2)C(C(=O)N(CC=C)c2ccccc2Cl)N([C@@H](CO)Cc2ccccc2)C(=O)[C@H]13)c1ccccc1. The van der Waals surface area contributed by atoms with Crippen molar-refractivity contribution in [3.05, 3.63) is 121 Å². The van der Waals surface area contributed by atoms with Crippen LogP contribution in [0.1, 0.15) is 18.9 Å². The van der Waals surface area contributed by atoms with E-state index in [0.29, 0.717) is 30.1 Å². The van der Waals surface area contributed by atoms with E-state index in [2.05, 4.69) is 20.1 Å². The summed E-state index contributed by atoms with van der Waals surface area (Å²) >= 11 is 8.27. The highest BCUT2D eigenvalue weighted by Gasteiger charge is 2.77. The van der Waals surface area contributed by atoms with Crippen LogP contribution in [0, 0.1) is 17.8 Å². The molecule has 0 saturated carbocycles. The molecule has 244 valence electrons. The van der Waals surface area contributed by atoms with Crippen molar-refractivity contribution in [1.82, 2.24) is 4.90 Å². The van der Waals surface area contributed by atoms with Crippen LogP contribution in [0.15, 0.2) is 110 Å². The second-order valence-corrected chi connectivity index (χ2v) is 14.5. The first-order chi connectivity index (χ1) is 22.8. The lowest BCUT2D eigenvalue weighted by Crippen LogP contribution is -2.60. The van der Waals surface area contributed by atoms with Gasteiger partial charge in [0.1, 0.15) is 6.04 Å². The van der Waals surface area contributed by atoms with Crippen molar-refractivity contribution in [3.8, 4) is 0 Å². The number of likely N-dealkylation sites (tertiary alicyclic amines) is 1. The number of para-hydroxylation sites is 2. The van der Waals surface area contributed by atoms with Gasteiger partial charge in [-0.3, -0.25) is 14.4 Å². The molecule has 3 aromatic carbocycles. The van der Waals surface area contributed by atoms with Crippen LogP contribution in [0.5, 0.6) is 0 Å². The summed E-state index contributed by atoms with van der Waals surface area (Å²) in [5.41, 5.74) is 2.19. The quantitative estimate of drug-likeness (QED) is 0.239. The second kappa shape index (κ2) is 13.7. The van der Waals surface area contributed by atoms with Gasteiger partial charge in [0.15, 0.2) is 0 Å². The number of aliphatic hydroxyl groups is 1. The van der Waals surface area contributed by atoms with Crippen molar-refractivity contribution in [3.63, 3.8) is 0 Å². The highest BCUT2D eigenvalue weighted by molar-refractivity contribution is 8.02. The number of anilines is 2. The minimum absolute atomic E-state index is 0.0491. The lowest BCUT2D eigenvalue weighted by atomic mass is 9.65. The van der Waals surface area contributed by atoms with Gasteiger partial charge in [-0.25, -0.2) is 0 Å². The van der Waals surface area contributed by atoms with Gasteiger partial charge >= 0.3 is 0 Å². The van der Waals surface area contributed by atoms with Gasteiger partial charge in [-0.05, 0) is 48.6 Å². The lowest BCUT2D eigenvalue weighted by molar-refractivity contribution is -0.141. The van der Waals surface area contributed by atoms with E-state index in [1.165, 1.54) is 0 Å². The highest BCUT2D eigenvalue weighted by atomic mass is 35.5. The van der Waals surface area contributed by atoms with E-state index in [0.717, 1.165) is 11.3 Å². The predicted molar refractivity (Wildman–Crippen MR) is 190 cm³/mol. The van der Waals surface area contributed by atoms with Crippen LogP contribution in [0.2, 0.25) is 5.02 Å². The van der Waals surface area contributed by atoms with Gasteiger partial charge in [0.05, 0.1) is 39.9 Å². The molecule has 3 unspecified atom stereocenters.